The standard InChI is InChI=1S/C26H22ClN9O6/c27-17-4-7-22(36-14-28-33-34-36)16(11-17)3-8-23(37)30-21(13-35-9-10-42-26(35)41)20-12-19(24(38)32-31-20)15-1-5-18(6-2-15)29-25(39)40/h1-8,11-12,14,21,29H,9-10,13H2,(H,30,37)(H,32,38)(H,39,40). The molecule has 1 aliphatic rings. The molecule has 1 atom stereocenters. The number of amides is 3. The van der Waals surface area contributed by atoms with Gasteiger partial charge < -0.3 is 20.1 Å². The number of hydrogen-bond donors (Lipinski definition) is 4. The second-order valence-corrected chi connectivity index (χ2v) is 9.39. The Hall–Kier alpha value is -5.57. The lowest BCUT2D eigenvalue weighted by Crippen LogP contribution is -2.38. The van der Waals surface area contributed by atoms with Crippen LogP contribution >= 0.6 is 11.6 Å². The number of carbonyl (C=O) groups is 3. The zero-order valence-corrected chi connectivity index (χ0v) is 22.4. The number of H-pyrrole nitrogens is 1. The number of carboxylic acid groups (broad SMARTS) is 1. The van der Waals surface area contributed by atoms with Crippen LogP contribution in [0, 0.1) is 0 Å². The largest absolute Gasteiger partial charge is 0.465 e. The highest BCUT2D eigenvalue weighted by atomic mass is 35.5. The van der Waals surface area contributed by atoms with Crippen molar-refractivity contribution in [3.05, 3.63) is 87.6 Å². The van der Waals surface area contributed by atoms with E-state index in [1.54, 1.807) is 30.3 Å². The molecule has 0 radical (unpaired) electrons. The lowest BCUT2D eigenvalue weighted by atomic mass is 10.0. The number of ether oxygens (including phenoxy) is 1. The minimum Gasteiger partial charge on any atom is -0.465 e. The van der Waals surface area contributed by atoms with Crippen LogP contribution < -0.4 is 16.2 Å². The summed E-state index contributed by atoms with van der Waals surface area (Å²) in [7, 11) is 0. The number of rotatable bonds is 9. The van der Waals surface area contributed by atoms with Crippen molar-refractivity contribution in [2.45, 2.75) is 6.04 Å². The molecule has 214 valence electrons. The van der Waals surface area contributed by atoms with E-state index in [2.05, 4.69) is 36.4 Å². The van der Waals surface area contributed by atoms with E-state index < -0.39 is 29.7 Å². The molecule has 4 aromatic rings. The Morgan fingerprint density at radius 2 is 1.98 bits per heavy atom. The van der Waals surface area contributed by atoms with Gasteiger partial charge in [-0.25, -0.2) is 14.7 Å². The molecular formula is C26H22ClN9O6. The smallest absolute Gasteiger partial charge is 0.410 e. The van der Waals surface area contributed by atoms with Gasteiger partial charge in [-0.3, -0.25) is 14.9 Å². The normalized spacial score (nSPS) is 13.6. The fourth-order valence-electron chi connectivity index (χ4n) is 4.22. The topological polar surface area (TPSA) is 197 Å². The van der Waals surface area contributed by atoms with Crippen molar-refractivity contribution in [3.63, 3.8) is 0 Å². The molecule has 42 heavy (non-hydrogen) atoms. The van der Waals surface area contributed by atoms with Crippen molar-refractivity contribution >= 4 is 41.5 Å². The summed E-state index contributed by atoms with van der Waals surface area (Å²) in [6.45, 7) is 0.535. The molecule has 16 heteroatoms. The molecule has 1 unspecified atom stereocenters. The monoisotopic (exact) mass is 591 g/mol. The van der Waals surface area contributed by atoms with Gasteiger partial charge in [0, 0.05) is 22.3 Å². The van der Waals surface area contributed by atoms with Crippen molar-refractivity contribution in [2.24, 2.45) is 0 Å². The number of nitrogens with one attached hydrogen (secondary N) is 3. The third-order valence-electron chi connectivity index (χ3n) is 6.19. The van der Waals surface area contributed by atoms with Gasteiger partial charge in [-0.15, -0.1) is 5.10 Å². The van der Waals surface area contributed by atoms with Gasteiger partial charge >= 0.3 is 12.2 Å². The molecule has 1 saturated heterocycles. The van der Waals surface area contributed by atoms with E-state index in [0.29, 0.717) is 34.1 Å². The number of carbonyl (C=O) groups excluding carboxylic acids is 2. The minimum absolute atomic E-state index is 0.0193. The molecule has 0 saturated carbocycles. The van der Waals surface area contributed by atoms with Crippen LogP contribution in [0.25, 0.3) is 22.9 Å². The minimum atomic E-state index is -1.22. The SMILES string of the molecule is O=C(O)Nc1ccc(-c2cc(C(CN3CCOC3=O)NC(=O)C=Cc3cc(Cl)ccc3-n3cnnn3)n[nH]c2=O)cc1. The van der Waals surface area contributed by atoms with Crippen molar-refractivity contribution in [1.82, 2.24) is 40.6 Å². The fourth-order valence-corrected chi connectivity index (χ4v) is 4.40. The molecule has 2 aromatic heterocycles. The zero-order chi connectivity index (χ0) is 29.6. The number of nitrogens with zero attached hydrogens (tertiary/aromatic N) is 6. The molecule has 5 rings (SSSR count). The van der Waals surface area contributed by atoms with Gasteiger partial charge in [0.15, 0.2) is 0 Å². The predicted molar refractivity (Wildman–Crippen MR) is 149 cm³/mol. The average molecular weight is 592 g/mol. The maximum atomic E-state index is 13.1. The van der Waals surface area contributed by atoms with Crippen molar-refractivity contribution in [2.75, 3.05) is 25.0 Å². The Morgan fingerprint density at radius 1 is 1.17 bits per heavy atom. The number of halogens is 1. The summed E-state index contributed by atoms with van der Waals surface area (Å²) in [5.41, 5.74) is 1.96. The number of aromatic amines is 1. The highest BCUT2D eigenvalue weighted by Crippen LogP contribution is 2.23. The predicted octanol–water partition coefficient (Wildman–Crippen LogP) is 2.48. The number of tetrazole rings is 1. The van der Waals surface area contributed by atoms with E-state index in [4.69, 9.17) is 21.4 Å². The number of anilines is 1. The van der Waals surface area contributed by atoms with Crippen molar-refractivity contribution < 1.29 is 24.2 Å². The first-order chi connectivity index (χ1) is 20.3. The fraction of sp³-hybridized carbons (Fsp3) is 0.154. The summed E-state index contributed by atoms with van der Waals surface area (Å²) in [6.07, 6.45) is 2.47. The first-order valence-electron chi connectivity index (χ1n) is 12.4. The summed E-state index contributed by atoms with van der Waals surface area (Å²) in [6, 6.07) is 11.8. The van der Waals surface area contributed by atoms with E-state index >= 15 is 0 Å². The van der Waals surface area contributed by atoms with E-state index in [-0.39, 0.29) is 24.4 Å². The molecule has 3 amide bonds. The Balaban J connectivity index is 1.42. The van der Waals surface area contributed by atoms with Crippen LogP contribution in [0.4, 0.5) is 15.3 Å². The number of aromatic nitrogens is 6. The van der Waals surface area contributed by atoms with E-state index in [1.807, 2.05) is 0 Å². The summed E-state index contributed by atoms with van der Waals surface area (Å²) in [5.74, 6) is -0.520. The lowest BCUT2D eigenvalue weighted by molar-refractivity contribution is -0.117. The van der Waals surface area contributed by atoms with E-state index in [1.165, 1.54) is 46.3 Å². The van der Waals surface area contributed by atoms with Crippen LogP contribution in [0.2, 0.25) is 5.02 Å². The van der Waals surface area contributed by atoms with Crippen LogP contribution in [0.5, 0.6) is 0 Å². The molecule has 0 spiro atoms. The maximum absolute atomic E-state index is 13.1. The molecule has 2 aromatic carbocycles. The van der Waals surface area contributed by atoms with Crippen LogP contribution in [0.3, 0.4) is 0 Å². The second kappa shape index (κ2) is 12.3. The Morgan fingerprint density at radius 3 is 2.67 bits per heavy atom. The van der Waals surface area contributed by atoms with Gasteiger partial charge in [0.1, 0.15) is 12.9 Å². The Kier molecular flexibility index (Phi) is 8.19. The maximum Gasteiger partial charge on any atom is 0.410 e. The summed E-state index contributed by atoms with van der Waals surface area (Å²) in [4.78, 5) is 50.3. The highest BCUT2D eigenvalue weighted by Gasteiger charge is 2.28. The second-order valence-electron chi connectivity index (χ2n) is 8.96. The summed E-state index contributed by atoms with van der Waals surface area (Å²) >= 11 is 6.16. The lowest BCUT2D eigenvalue weighted by Gasteiger charge is -2.22. The average Bonchev–Trinajstić information content (AvgIpc) is 3.64. The first kappa shape index (κ1) is 28.0. The van der Waals surface area contributed by atoms with Crippen LogP contribution in [-0.4, -0.2) is 78.2 Å². The molecule has 4 N–H and O–H groups in total. The van der Waals surface area contributed by atoms with Crippen LogP contribution in [-0.2, 0) is 9.53 Å². The van der Waals surface area contributed by atoms with Gasteiger partial charge in [-0.1, -0.05) is 23.7 Å². The van der Waals surface area contributed by atoms with E-state index in [0.717, 1.165) is 0 Å². The van der Waals surface area contributed by atoms with Gasteiger partial charge in [0.25, 0.3) is 5.56 Å². The third-order valence-corrected chi connectivity index (χ3v) is 6.43. The quantitative estimate of drug-likeness (QED) is 0.210. The number of benzene rings is 2. The Labute approximate surface area is 241 Å². The molecule has 0 bridgehead atoms. The zero-order valence-electron chi connectivity index (χ0n) is 21.6. The highest BCUT2D eigenvalue weighted by molar-refractivity contribution is 6.30. The molecule has 0 aliphatic carbocycles. The molecule has 1 fully saturated rings. The molecule has 15 nitrogen and oxygen atoms in total. The van der Waals surface area contributed by atoms with Crippen LogP contribution in [0.15, 0.2) is 65.7 Å². The van der Waals surface area contributed by atoms with Crippen molar-refractivity contribution in [3.8, 4) is 16.8 Å². The van der Waals surface area contributed by atoms with Gasteiger partial charge in [-0.05, 0) is 58.5 Å². The third kappa shape index (κ3) is 6.59. The van der Waals surface area contributed by atoms with Gasteiger partial charge in [-0.2, -0.15) is 9.78 Å². The van der Waals surface area contributed by atoms with Crippen LogP contribution in [0.1, 0.15) is 17.3 Å². The number of cyclic esters (lactones) is 1. The summed E-state index contributed by atoms with van der Waals surface area (Å²) in [5, 5.41) is 32.1. The van der Waals surface area contributed by atoms with Crippen molar-refractivity contribution in [1.29, 1.82) is 0 Å². The van der Waals surface area contributed by atoms with E-state index in [9.17, 15) is 19.2 Å². The summed E-state index contributed by atoms with van der Waals surface area (Å²) < 4.78 is 6.45. The van der Waals surface area contributed by atoms with Gasteiger partial charge in [0.05, 0.1) is 36.1 Å². The first-order valence-corrected chi connectivity index (χ1v) is 12.8. The molecule has 1 aliphatic heterocycles. The van der Waals surface area contributed by atoms with Gasteiger partial charge in [0.2, 0.25) is 5.91 Å². The molecule has 3 heterocycles. The Bertz CT molecular complexity index is 1710. The molecular weight excluding hydrogens is 570 g/mol. The number of hydrogen-bond acceptors (Lipinski definition) is 9.